The molecular weight excluding hydrogens is 254 g/mol. The van der Waals surface area contributed by atoms with Crippen LogP contribution in [-0.2, 0) is 16.6 Å². The lowest BCUT2D eigenvalue weighted by Gasteiger charge is -2.07. The molecule has 1 heterocycles. The molecule has 0 aromatic carbocycles. The minimum absolute atomic E-state index is 0.0859. The zero-order valence-corrected chi connectivity index (χ0v) is 13.1. The number of hydrogen-bond acceptors (Lipinski definition) is 3. The molecule has 0 saturated heterocycles. The molecule has 0 aliphatic rings. The summed E-state index contributed by atoms with van der Waals surface area (Å²) in [5.41, 5.74) is 2.99. The molecule has 0 aliphatic heterocycles. The Labute approximate surface area is 121 Å². The number of carbonyl (C=O) groups excluding carboxylic acids is 1. The van der Waals surface area contributed by atoms with Gasteiger partial charge in [-0.05, 0) is 40.2 Å². The number of nitrogens with one attached hydrogen (secondary N) is 1. The van der Waals surface area contributed by atoms with E-state index in [-0.39, 0.29) is 12.0 Å². The van der Waals surface area contributed by atoms with Crippen molar-refractivity contribution in [2.75, 3.05) is 13.2 Å². The van der Waals surface area contributed by atoms with E-state index in [1.54, 1.807) is 6.08 Å². The first-order chi connectivity index (χ1) is 9.41. The van der Waals surface area contributed by atoms with Crippen LogP contribution in [0.3, 0.4) is 0 Å². The highest BCUT2D eigenvalue weighted by molar-refractivity contribution is 5.91. The topological polar surface area (TPSA) is 56.2 Å². The van der Waals surface area contributed by atoms with E-state index in [0.29, 0.717) is 13.2 Å². The fourth-order valence-electron chi connectivity index (χ4n) is 1.85. The Morgan fingerprint density at radius 3 is 2.70 bits per heavy atom. The van der Waals surface area contributed by atoms with Gasteiger partial charge in [-0.3, -0.25) is 9.48 Å². The SMILES string of the molecule is Cc1nn(C)c(C)c1/C=C/C(=O)NCCCOC(C)C. The molecule has 0 radical (unpaired) electrons. The average Bonchev–Trinajstić information content (AvgIpc) is 2.60. The van der Waals surface area contributed by atoms with Gasteiger partial charge in [-0.15, -0.1) is 0 Å². The molecule has 5 nitrogen and oxygen atoms in total. The summed E-state index contributed by atoms with van der Waals surface area (Å²) in [7, 11) is 1.90. The summed E-state index contributed by atoms with van der Waals surface area (Å²) in [5, 5.41) is 7.15. The van der Waals surface area contributed by atoms with Crippen LogP contribution < -0.4 is 5.32 Å². The van der Waals surface area contributed by atoms with E-state index in [1.807, 2.05) is 45.5 Å². The molecule has 0 fully saturated rings. The molecule has 5 heteroatoms. The number of ether oxygens (including phenoxy) is 1. The van der Waals surface area contributed by atoms with Gasteiger partial charge in [0.05, 0.1) is 11.8 Å². The Kier molecular flexibility index (Phi) is 6.45. The molecular formula is C15H25N3O2. The number of hydrogen-bond donors (Lipinski definition) is 1. The van der Waals surface area contributed by atoms with Crippen LogP contribution in [0.2, 0.25) is 0 Å². The Balaban J connectivity index is 2.37. The summed E-state index contributed by atoms with van der Waals surface area (Å²) in [6.45, 7) is 9.22. The Morgan fingerprint density at radius 2 is 2.15 bits per heavy atom. The molecule has 1 amide bonds. The highest BCUT2D eigenvalue weighted by Crippen LogP contribution is 2.13. The lowest BCUT2D eigenvalue weighted by molar-refractivity contribution is -0.116. The lowest BCUT2D eigenvalue weighted by atomic mass is 10.2. The maximum absolute atomic E-state index is 11.7. The second-order valence-electron chi connectivity index (χ2n) is 5.11. The smallest absolute Gasteiger partial charge is 0.244 e. The highest BCUT2D eigenvalue weighted by Gasteiger charge is 2.06. The molecule has 0 saturated carbocycles. The van der Waals surface area contributed by atoms with Gasteiger partial charge in [0.2, 0.25) is 5.91 Å². The summed E-state index contributed by atoms with van der Waals surface area (Å²) >= 11 is 0. The summed E-state index contributed by atoms with van der Waals surface area (Å²) in [6, 6.07) is 0. The second kappa shape index (κ2) is 7.85. The summed E-state index contributed by atoms with van der Waals surface area (Å²) < 4.78 is 7.22. The van der Waals surface area contributed by atoms with Crippen molar-refractivity contribution in [3.05, 3.63) is 23.0 Å². The number of rotatable bonds is 7. The van der Waals surface area contributed by atoms with Crippen LogP contribution in [0.25, 0.3) is 6.08 Å². The summed E-state index contributed by atoms with van der Waals surface area (Å²) in [4.78, 5) is 11.7. The molecule has 1 aromatic heterocycles. The van der Waals surface area contributed by atoms with Crippen LogP contribution in [-0.4, -0.2) is 34.9 Å². The molecule has 112 valence electrons. The lowest BCUT2D eigenvalue weighted by Crippen LogP contribution is -2.23. The fraction of sp³-hybridized carbons (Fsp3) is 0.600. The van der Waals surface area contributed by atoms with E-state index < -0.39 is 0 Å². The van der Waals surface area contributed by atoms with Crippen molar-refractivity contribution in [3.63, 3.8) is 0 Å². The Hall–Kier alpha value is -1.62. The number of carbonyl (C=O) groups is 1. The fourth-order valence-corrected chi connectivity index (χ4v) is 1.85. The third-order valence-electron chi connectivity index (χ3n) is 3.04. The van der Waals surface area contributed by atoms with E-state index in [4.69, 9.17) is 4.74 Å². The molecule has 0 aliphatic carbocycles. The zero-order chi connectivity index (χ0) is 15.1. The quantitative estimate of drug-likeness (QED) is 0.613. The molecule has 0 bridgehead atoms. The van der Waals surface area contributed by atoms with Gasteiger partial charge in [-0.1, -0.05) is 0 Å². The number of amides is 1. The van der Waals surface area contributed by atoms with Gasteiger partial charge in [0.1, 0.15) is 0 Å². The normalized spacial score (nSPS) is 11.5. The monoisotopic (exact) mass is 279 g/mol. The van der Waals surface area contributed by atoms with E-state index in [0.717, 1.165) is 23.4 Å². The zero-order valence-electron chi connectivity index (χ0n) is 13.1. The van der Waals surface area contributed by atoms with E-state index in [9.17, 15) is 4.79 Å². The highest BCUT2D eigenvalue weighted by atomic mass is 16.5. The molecule has 1 rings (SSSR count). The maximum Gasteiger partial charge on any atom is 0.244 e. The van der Waals surface area contributed by atoms with Crippen LogP contribution in [0, 0.1) is 13.8 Å². The predicted molar refractivity (Wildman–Crippen MR) is 80.4 cm³/mol. The minimum Gasteiger partial charge on any atom is -0.379 e. The van der Waals surface area contributed by atoms with Crippen LogP contribution in [0.5, 0.6) is 0 Å². The molecule has 0 atom stereocenters. The van der Waals surface area contributed by atoms with Gasteiger partial charge in [0, 0.05) is 37.5 Å². The number of aryl methyl sites for hydroxylation is 2. The van der Waals surface area contributed by atoms with Crippen LogP contribution in [0.1, 0.15) is 37.2 Å². The first-order valence-electron chi connectivity index (χ1n) is 6.99. The summed E-state index contributed by atoms with van der Waals surface area (Å²) in [6.07, 6.45) is 4.43. The van der Waals surface area contributed by atoms with Crippen molar-refractivity contribution in [2.24, 2.45) is 7.05 Å². The maximum atomic E-state index is 11.7. The standard InChI is InChI=1S/C15H25N3O2/c1-11(2)20-10-6-9-16-15(19)8-7-14-12(3)17-18(5)13(14)4/h7-8,11H,6,9-10H2,1-5H3,(H,16,19)/b8-7+. The number of aromatic nitrogens is 2. The molecule has 1 aromatic rings. The second-order valence-corrected chi connectivity index (χ2v) is 5.11. The average molecular weight is 279 g/mol. The molecule has 0 unspecified atom stereocenters. The van der Waals surface area contributed by atoms with Gasteiger partial charge in [0.25, 0.3) is 0 Å². The van der Waals surface area contributed by atoms with E-state index in [1.165, 1.54) is 0 Å². The van der Waals surface area contributed by atoms with E-state index >= 15 is 0 Å². The molecule has 1 N–H and O–H groups in total. The Morgan fingerprint density at radius 1 is 1.45 bits per heavy atom. The van der Waals surface area contributed by atoms with Crippen molar-refractivity contribution in [1.82, 2.24) is 15.1 Å². The third kappa shape index (κ3) is 5.17. The van der Waals surface area contributed by atoms with Crippen molar-refractivity contribution in [1.29, 1.82) is 0 Å². The summed E-state index contributed by atoms with van der Waals surface area (Å²) in [5.74, 6) is -0.0859. The van der Waals surface area contributed by atoms with Gasteiger partial charge < -0.3 is 10.1 Å². The molecule has 20 heavy (non-hydrogen) atoms. The molecule has 0 spiro atoms. The van der Waals surface area contributed by atoms with Crippen molar-refractivity contribution >= 4 is 12.0 Å². The Bertz CT molecular complexity index is 476. The first kappa shape index (κ1) is 16.4. The van der Waals surface area contributed by atoms with Gasteiger partial charge >= 0.3 is 0 Å². The van der Waals surface area contributed by atoms with Crippen molar-refractivity contribution in [3.8, 4) is 0 Å². The minimum atomic E-state index is -0.0859. The largest absolute Gasteiger partial charge is 0.379 e. The van der Waals surface area contributed by atoms with E-state index in [2.05, 4.69) is 10.4 Å². The third-order valence-corrected chi connectivity index (χ3v) is 3.04. The van der Waals surface area contributed by atoms with Crippen LogP contribution in [0.15, 0.2) is 6.08 Å². The van der Waals surface area contributed by atoms with Crippen LogP contribution >= 0.6 is 0 Å². The predicted octanol–water partition coefficient (Wildman–Crippen LogP) is 1.98. The van der Waals surface area contributed by atoms with Gasteiger partial charge in [0.15, 0.2) is 0 Å². The van der Waals surface area contributed by atoms with Gasteiger partial charge in [-0.2, -0.15) is 5.10 Å². The first-order valence-corrected chi connectivity index (χ1v) is 6.99. The van der Waals surface area contributed by atoms with Gasteiger partial charge in [-0.25, -0.2) is 0 Å². The van der Waals surface area contributed by atoms with Crippen LogP contribution in [0.4, 0.5) is 0 Å². The van der Waals surface area contributed by atoms with Crippen molar-refractivity contribution in [2.45, 2.75) is 40.2 Å². The number of nitrogens with zero attached hydrogens (tertiary/aromatic N) is 2. The van der Waals surface area contributed by atoms with Crippen molar-refractivity contribution < 1.29 is 9.53 Å².